The SMILES string of the molecule is C=C/C(=C\CNNN1CCC(NCCNC)CC1)Cc1ccc(N)cc1. The molecule has 1 aromatic rings. The second kappa shape index (κ2) is 11.8. The summed E-state index contributed by atoms with van der Waals surface area (Å²) in [6, 6.07) is 8.63. The Morgan fingerprint density at radius 1 is 1.23 bits per heavy atom. The van der Waals surface area contributed by atoms with Gasteiger partial charge in [-0.25, -0.2) is 10.4 Å². The Morgan fingerprint density at radius 2 is 1.96 bits per heavy atom. The van der Waals surface area contributed by atoms with Gasteiger partial charge >= 0.3 is 0 Å². The van der Waals surface area contributed by atoms with E-state index in [2.05, 4.69) is 51.4 Å². The molecule has 0 radical (unpaired) electrons. The summed E-state index contributed by atoms with van der Waals surface area (Å²) in [5.41, 5.74) is 15.6. The van der Waals surface area contributed by atoms with Crippen molar-refractivity contribution in [1.82, 2.24) is 26.6 Å². The van der Waals surface area contributed by atoms with Crippen LogP contribution >= 0.6 is 0 Å². The molecule has 6 N–H and O–H groups in total. The molecule has 6 heteroatoms. The van der Waals surface area contributed by atoms with Crippen molar-refractivity contribution < 1.29 is 0 Å². The Hall–Kier alpha value is -1.70. The molecule has 144 valence electrons. The highest BCUT2D eigenvalue weighted by Gasteiger charge is 2.17. The van der Waals surface area contributed by atoms with Gasteiger partial charge in [-0.1, -0.05) is 30.9 Å². The summed E-state index contributed by atoms with van der Waals surface area (Å²) in [5, 5.41) is 9.01. The van der Waals surface area contributed by atoms with E-state index in [1.54, 1.807) is 0 Å². The number of anilines is 1. The summed E-state index contributed by atoms with van der Waals surface area (Å²) in [5.74, 6) is 0. The topological polar surface area (TPSA) is 77.4 Å². The van der Waals surface area contributed by atoms with Crippen LogP contribution in [0.15, 0.2) is 48.6 Å². The minimum absolute atomic E-state index is 0.633. The molecule has 0 amide bonds. The summed E-state index contributed by atoms with van der Waals surface area (Å²) in [4.78, 5) is 0. The molecule has 0 unspecified atom stereocenters. The molecule has 1 aromatic carbocycles. The first-order chi connectivity index (χ1) is 12.7. The zero-order valence-corrected chi connectivity index (χ0v) is 15.9. The Morgan fingerprint density at radius 3 is 2.62 bits per heavy atom. The number of nitrogens with one attached hydrogen (secondary N) is 4. The van der Waals surface area contributed by atoms with Gasteiger partial charge in [-0.05, 0) is 49.6 Å². The lowest BCUT2D eigenvalue weighted by molar-refractivity contribution is 0.111. The lowest BCUT2D eigenvalue weighted by Crippen LogP contribution is -2.53. The first kappa shape index (κ1) is 20.6. The van der Waals surface area contributed by atoms with Crippen molar-refractivity contribution in [3.63, 3.8) is 0 Å². The van der Waals surface area contributed by atoms with Crippen LogP contribution in [0, 0.1) is 0 Å². The van der Waals surface area contributed by atoms with E-state index in [1.807, 2.05) is 25.3 Å². The van der Waals surface area contributed by atoms with E-state index in [0.29, 0.717) is 6.04 Å². The number of nitrogen functional groups attached to an aromatic ring is 1. The molecule has 2 rings (SSSR count). The maximum absolute atomic E-state index is 5.73. The van der Waals surface area contributed by atoms with Crippen LogP contribution in [-0.2, 0) is 6.42 Å². The number of benzene rings is 1. The minimum Gasteiger partial charge on any atom is -0.399 e. The lowest BCUT2D eigenvalue weighted by Gasteiger charge is -2.32. The predicted molar refractivity (Wildman–Crippen MR) is 111 cm³/mol. The number of nitrogens with two attached hydrogens (primary N) is 1. The van der Waals surface area contributed by atoms with Gasteiger partial charge in [0.1, 0.15) is 0 Å². The van der Waals surface area contributed by atoms with Crippen LogP contribution in [0.2, 0.25) is 0 Å². The van der Waals surface area contributed by atoms with Crippen molar-refractivity contribution in [2.24, 2.45) is 0 Å². The van der Waals surface area contributed by atoms with Crippen LogP contribution < -0.4 is 27.3 Å². The maximum atomic E-state index is 5.73. The highest BCUT2D eigenvalue weighted by molar-refractivity contribution is 5.40. The molecule has 0 spiro atoms. The molecule has 1 fully saturated rings. The van der Waals surface area contributed by atoms with Crippen LogP contribution in [0.1, 0.15) is 18.4 Å². The molecule has 1 aliphatic rings. The largest absolute Gasteiger partial charge is 0.399 e. The average Bonchev–Trinajstić information content (AvgIpc) is 2.67. The Balaban J connectivity index is 1.63. The van der Waals surface area contributed by atoms with Crippen LogP contribution in [0.25, 0.3) is 0 Å². The van der Waals surface area contributed by atoms with Crippen LogP contribution in [0.3, 0.4) is 0 Å². The highest BCUT2D eigenvalue weighted by atomic mass is 15.7. The molecule has 0 atom stereocenters. The number of allylic oxidation sites excluding steroid dienone is 2. The Labute approximate surface area is 157 Å². The number of hydrogen-bond donors (Lipinski definition) is 5. The number of likely N-dealkylation sites (N-methyl/N-ethyl adjacent to an activating group) is 1. The van der Waals surface area contributed by atoms with Gasteiger partial charge in [0.05, 0.1) is 0 Å². The molecule has 6 nitrogen and oxygen atoms in total. The smallest absolute Gasteiger partial charge is 0.0314 e. The summed E-state index contributed by atoms with van der Waals surface area (Å²) < 4.78 is 0. The van der Waals surface area contributed by atoms with E-state index in [9.17, 15) is 0 Å². The number of piperidine rings is 1. The van der Waals surface area contributed by atoms with Gasteiger partial charge < -0.3 is 16.4 Å². The monoisotopic (exact) mass is 358 g/mol. The van der Waals surface area contributed by atoms with Crippen LogP contribution in [0.4, 0.5) is 5.69 Å². The van der Waals surface area contributed by atoms with Gasteiger partial charge in [0.15, 0.2) is 0 Å². The zero-order chi connectivity index (χ0) is 18.6. The van der Waals surface area contributed by atoms with Gasteiger partial charge in [0.2, 0.25) is 0 Å². The van der Waals surface area contributed by atoms with Crippen LogP contribution in [-0.4, -0.2) is 50.8 Å². The highest BCUT2D eigenvalue weighted by Crippen LogP contribution is 2.11. The van der Waals surface area contributed by atoms with Crippen molar-refractivity contribution in [3.8, 4) is 0 Å². The second-order valence-corrected chi connectivity index (χ2v) is 6.71. The fraction of sp³-hybridized carbons (Fsp3) is 0.500. The normalized spacial score (nSPS) is 16.7. The third-order valence-corrected chi connectivity index (χ3v) is 4.66. The Bertz CT molecular complexity index is 546. The molecule has 0 aromatic heterocycles. The summed E-state index contributed by atoms with van der Waals surface area (Å²) in [7, 11) is 1.99. The fourth-order valence-electron chi connectivity index (χ4n) is 3.04. The molecule has 0 saturated carbocycles. The number of rotatable bonds is 11. The van der Waals surface area contributed by atoms with Crippen LogP contribution in [0.5, 0.6) is 0 Å². The molecule has 0 bridgehead atoms. The average molecular weight is 359 g/mol. The fourth-order valence-corrected chi connectivity index (χ4v) is 3.04. The summed E-state index contributed by atoms with van der Waals surface area (Å²) in [6.07, 6.45) is 7.30. The van der Waals surface area contributed by atoms with E-state index in [-0.39, 0.29) is 0 Å². The third kappa shape index (κ3) is 7.68. The van der Waals surface area contributed by atoms with Crippen molar-refractivity contribution in [3.05, 3.63) is 54.1 Å². The molecule has 1 aliphatic heterocycles. The maximum Gasteiger partial charge on any atom is 0.0314 e. The van der Waals surface area contributed by atoms with E-state index in [4.69, 9.17) is 5.73 Å². The van der Waals surface area contributed by atoms with Gasteiger partial charge in [0.25, 0.3) is 0 Å². The minimum atomic E-state index is 0.633. The molecular weight excluding hydrogens is 324 g/mol. The van der Waals surface area contributed by atoms with E-state index < -0.39 is 0 Å². The third-order valence-electron chi connectivity index (χ3n) is 4.66. The van der Waals surface area contributed by atoms with Gasteiger partial charge in [-0.3, -0.25) is 0 Å². The van der Waals surface area contributed by atoms with Gasteiger partial charge in [0, 0.05) is 44.5 Å². The molecule has 1 saturated heterocycles. The predicted octanol–water partition coefficient (Wildman–Crippen LogP) is 1.21. The van der Waals surface area contributed by atoms with Gasteiger partial charge in [-0.15, -0.1) is 0 Å². The molecule has 0 aliphatic carbocycles. The zero-order valence-electron chi connectivity index (χ0n) is 15.9. The van der Waals surface area contributed by atoms with Crippen molar-refractivity contribution >= 4 is 5.69 Å². The molecular formula is C20H34N6. The standard InChI is InChI=1S/C20H34N6/c1-3-17(16-18-4-6-19(21)7-5-18)8-11-24-25-26-14-9-20(10-15-26)23-13-12-22-2/h3-8,20,22-25H,1,9-16,21H2,2H3/b17-8+. The molecule has 26 heavy (non-hydrogen) atoms. The van der Waals surface area contributed by atoms with Crippen molar-refractivity contribution in [1.29, 1.82) is 0 Å². The summed E-state index contributed by atoms with van der Waals surface area (Å²) in [6.45, 7) is 8.84. The number of hydrogen-bond acceptors (Lipinski definition) is 6. The molecule has 1 heterocycles. The Kier molecular flexibility index (Phi) is 9.38. The van der Waals surface area contributed by atoms with E-state index in [0.717, 1.165) is 44.8 Å². The van der Waals surface area contributed by atoms with Gasteiger partial charge in [-0.2, -0.15) is 5.53 Å². The quantitative estimate of drug-likeness (QED) is 0.177. The number of nitrogens with zero attached hydrogens (tertiary/aromatic N) is 1. The second-order valence-electron chi connectivity index (χ2n) is 6.71. The summed E-state index contributed by atoms with van der Waals surface area (Å²) >= 11 is 0. The van der Waals surface area contributed by atoms with Crippen molar-refractivity contribution in [2.45, 2.75) is 25.3 Å². The first-order valence-corrected chi connectivity index (χ1v) is 9.48. The number of hydrazine groups is 2. The van der Waals surface area contributed by atoms with E-state index in [1.165, 1.54) is 24.0 Å². The van der Waals surface area contributed by atoms with Crippen molar-refractivity contribution in [2.75, 3.05) is 45.5 Å². The van der Waals surface area contributed by atoms with E-state index >= 15 is 0 Å². The first-order valence-electron chi connectivity index (χ1n) is 9.48. The lowest BCUT2D eigenvalue weighted by atomic mass is 10.0.